The number of carbonyl (C=O) groups excluding carboxylic acids is 2. The summed E-state index contributed by atoms with van der Waals surface area (Å²) in [6, 6.07) is 14.4. The fourth-order valence-electron chi connectivity index (χ4n) is 2.74. The van der Waals surface area contributed by atoms with Crippen LogP contribution in [0, 0.1) is 6.92 Å². The number of benzene rings is 2. The number of thiocarbonyl (C=S) groups is 1. The first-order valence-corrected chi connectivity index (χ1v) is 11.9. The molecule has 1 N–H and O–H groups in total. The predicted molar refractivity (Wildman–Crippen MR) is 136 cm³/mol. The Hall–Kier alpha value is -1.77. The third-order valence-corrected chi connectivity index (χ3v) is 6.32. The van der Waals surface area contributed by atoms with Crippen LogP contribution < -0.4 is 15.0 Å². The summed E-state index contributed by atoms with van der Waals surface area (Å²) >= 11 is 24.4. The fourth-order valence-corrected chi connectivity index (χ4v) is 4.34. The van der Waals surface area contributed by atoms with Gasteiger partial charge in [0, 0.05) is 6.42 Å². The van der Waals surface area contributed by atoms with Gasteiger partial charge in [0.15, 0.2) is 4.32 Å². The number of halogens is 3. The number of carbonyl (C=O) groups is 2. The van der Waals surface area contributed by atoms with Gasteiger partial charge in [-0.15, -0.1) is 0 Å². The zero-order valence-corrected chi connectivity index (χ0v) is 21.0. The van der Waals surface area contributed by atoms with Gasteiger partial charge in [0.05, 0.1) is 10.6 Å². The molecule has 0 radical (unpaired) electrons. The van der Waals surface area contributed by atoms with Gasteiger partial charge in [-0.3, -0.25) is 14.5 Å². The van der Waals surface area contributed by atoms with Crippen molar-refractivity contribution in [3.8, 4) is 5.75 Å². The number of rotatable bonds is 6. The Labute approximate surface area is 211 Å². The van der Waals surface area contributed by atoms with Gasteiger partial charge in [0.2, 0.25) is 15.9 Å². The Morgan fingerprint density at radius 1 is 1.19 bits per heavy atom. The highest BCUT2D eigenvalue weighted by Gasteiger charge is 2.36. The summed E-state index contributed by atoms with van der Waals surface area (Å²) in [4.78, 5) is 26.6. The normalized spacial score (nSPS) is 16.4. The Morgan fingerprint density at radius 2 is 1.81 bits per heavy atom. The van der Waals surface area contributed by atoms with Gasteiger partial charge >= 0.3 is 0 Å². The van der Waals surface area contributed by atoms with Crippen molar-refractivity contribution in [2.75, 3.05) is 4.90 Å². The number of anilines is 1. The zero-order valence-electron chi connectivity index (χ0n) is 17.1. The minimum absolute atomic E-state index is 0.178. The summed E-state index contributed by atoms with van der Waals surface area (Å²) < 4.78 is 4.27. The van der Waals surface area contributed by atoms with Crippen molar-refractivity contribution < 1.29 is 14.3 Å². The van der Waals surface area contributed by atoms with Gasteiger partial charge in [0.25, 0.3) is 5.91 Å². The van der Waals surface area contributed by atoms with E-state index in [-0.39, 0.29) is 18.2 Å². The number of hydrogen-bond donors (Lipinski definition) is 1. The van der Waals surface area contributed by atoms with Crippen LogP contribution in [0.15, 0.2) is 53.4 Å². The standard InChI is InChI=1S/C22H19Cl3N2O3S2/c1-3-18(28)26-20(22(23,24)25)30-16-10-6-14(7-11-16)12-17-19(29)27(21(31)32-17)15-8-4-13(2)5-9-15/h4-12,20H,3H2,1-2H3,(H,26,28)/b17-12-. The molecular weight excluding hydrogens is 511 g/mol. The first-order chi connectivity index (χ1) is 15.1. The van der Waals surface area contributed by atoms with Crippen molar-refractivity contribution in [3.05, 3.63) is 64.6 Å². The number of thioether (sulfide) groups is 1. The molecule has 0 spiro atoms. The summed E-state index contributed by atoms with van der Waals surface area (Å²) in [6.07, 6.45) is 0.819. The Balaban J connectivity index is 1.74. The molecule has 1 aliphatic heterocycles. The summed E-state index contributed by atoms with van der Waals surface area (Å²) in [7, 11) is 0. The molecule has 5 nitrogen and oxygen atoms in total. The zero-order chi connectivity index (χ0) is 23.5. The number of amides is 2. The van der Waals surface area contributed by atoms with Gasteiger partial charge < -0.3 is 10.1 Å². The number of ether oxygens (including phenoxy) is 1. The molecule has 2 aromatic carbocycles. The van der Waals surface area contributed by atoms with Crippen molar-refractivity contribution in [2.45, 2.75) is 30.3 Å². The molecule has 1 unspecified atom stereocenters. The molecule has 1 heterocycles. The second-order valence-corrected chi connectivity index (χ2v) is 10.9. The molecule has 32 heavy (non-hydrogen) atoms. The molecule has 0 saturated carbocycles. The maximum absolute atomic E-state index is 12.9. The number of hydrogen-bond acceptors (Lipinski definition) is 5. The van der Waals surface area contributed by atoms with Crippen LogP contribution in [-0.2, 0) is 9.59 Å². The Kier molecular flexibility index (Phi) is 8.11. The van der Waals surface area contributed by atoms with E-state index in [2.05, 4.69) is 5.32 Å². The van der Waals surface area contributed by atoms with Crippen LogP contribution in [0.1, 0.15) is 24.5 Å². The summed E-state index contributed by atoms with van der Waals surface area (Å²) in [5.41, 5.74) is 2.60. The second kappa shape index (κ2) is 10.4. The van der Waals surface area contributed by atoms with E-state index in [0.29, 0.717) is 15.0 Å². The number of nitrogens with one attached hydrogen (secondary N) is 1. The average molecular weight is 530 g/mol. The van der Waals surface area contributed by atoms with E-state index in [1.54, 1.807) is 37.3 Å². The molecule has 168 valence electrons. The first kappa shape index (κ1) is 24.9. The molecule has 1 saturated heterocycles. The van der Waals surface area contributed by atoms with Gasteiger partial charge in [-0.2, -0.15) is 0 Å². The quantitative estimate of drug-likeness (QED) is 0.215. The Bertz CT molecular complexity index is 1050. The molecule has 3 rings (SSSR count). The van der Waals surface area contributed by atoms with Crippen LogP contribution in [0.3, 0.4) is 0 Å². The molecular formula is C22H19Cl3N2O3S2. The monoisotopic (exact) mass is 528 g/mol. The van der Waals surface area contributed by atoms with Gasteiger partial charge in [-0.25, -0.2) is 0 Å². The lowest BCUT2D eigenvalue weighted by Crippen LogP contribution is -2.47. The van der Waals surface area contributed by atoms with Crippen LogP contribution in [0.5, 0.6) is 5.75 Å². The van der Waals surface area contributed by atoms with Crippen molar-refractivity contribution in [2.24, 2.45) is 0 Å². The minimum atomic E-state index is -1.85. The Morgan fingerprint density at radius 3 is 2.38 bits per heavy atom. The van der Waals surface area contributed by atoms with Crippen LogP contribution in [0.25, 0.3) is 6.08 Å². The number of nitrogens with zero attached hydrogens (tertiary/aromatic N) is 1. The third-order valence-electron chi connectivity index (χ3n) is 4.43. The van der Waals surface area contributed by atoms with Crippen molar-refractivity contribution in [1.29, 1.82) is 0 Å². The molecule has 0 bridgehead atoms. The molecule has 1 aliphatic rings. The lowest BCUT2D eigenvalue weighted by atomic mass is 10.2. The summed E-state index contributed by atoms with van der Waals surface area (Å²) in [5, 5.41) is 2.53. The number of alkyl halides is 3. The molecule has 0 aliphatic carbocycles. The minimum Gasteiger partial charge on any atom is -0.466 e. The van der Waals surface area contributed by atoms with E-state index < -0.39 is 10.0 Å². The van der Waals surface area contributed by atoms with Crippen LogP contribution in [-0.4, -0.2) is 26.2 Å². The average Bonchev–Trinajstić information content (AvgIpc) is 3.01. The van der Waals surface area contributed by atoms with E-state index in [1.165, 1.54) is 16.7 Å². The predicted octanol–water partition coefficient (Wildman–Crippen LogP) is 6.00. The smallest absolute Gasteiger partial charge is 0.270 e. The van der Waals surface area contributed by atoms with Crippen LogP contribution >= 0.6 is 58.8 Å². The largest absolute Gasteiger partial charge is 0.466 e. The van der Waals surface area contributed by atoms with Gasteiger partial charge in [0.1, 0.15) is 5.75 Å². The lowest BCUT2D eigenvalue weighted by molar-refractivity contribution is -0.123. The van der Waals surface area contributed by atoms with Crippen molar-refractivity contribution in [1.82, 2.24) is 5.32 Å². The molecule has 2 amide bonds. The van der Waals surface area contributed by atoms with Gasteiger partial charge in [-0.05, 0) is 42.8 Å². The molecule has 1 fully saturated rings. The molecule has 10 heteroatoms. The van der Waals surface area contributed by atoms with Gasteiger partial charge in [-0.1, -0.05) is 95.5 Å². The SMILES string of the molecule is CCC(=O)NC(Oc1ccc(/C=C2\SC(=S)N(c3ccc(C)cc3)C2=O)cc1)C(Cl)(Cl)Cl. The first-order valence-electron chi connectivity index (χ1n) is 9.56. The highest BCUT2D eigenvalue weighted by atomic mass is 35.6. The molecule has 2 aromatic rings. The molecule has 0 aromatic heterocycles. The van der Waals surface area contributed by atoms with E-state index in [1.807, 2.05) is 31.2 Å². The third kappa shape index (κ3) is 6.17. The van der Waals surface area contributed by atoms with E-state index in [9.17, 15) is 9.59 Å². The topological polar surface area (TPSA) is 58.6 Å². The summed E-state index contributed by atoms with van der Waals surface area (Å²) in [5.74, 6) is -0.0987. The lowest BCUT2D eigenvalue weighted by Gasteiger charge is -2.26. The maximum Gasteiger partial charge on any atom is 0.270 e. The van der Waals surface area contributed by atoms with E-state index in [4.69, 9.17) is 51.8 Å². The van der Waals surface area contributed by atoms with E-state index >= 15 is 0 Å². The highest BCUT2D eigenvalue weighted by molar-refractivity contribution is 8.27. The van der Waals surface area contributed by atoms with Crippen molar-refractivity contribution in [3.63, 3.8) is 0 Å². The summed E-state index contributed by atoms with van der Waals surface area (Å²) in [6.45, 7) is 3.66. The van der Waals surface area contributed by atoms with Crippen LogP contribution in [0.4, 0.5) is 5.69 Å². The highest BCUT2D eigenvalue weighted by Crippen LogP contribution is 2.36. The van der Waals surface area contributed by atoms with E-state index in [0.717, 1.165) is 16.8 Å². The second-order valence-electron chi connectivity index (χ2n) is 6.88. The van der Waals surface area contributed by atoms with Crippen LogP contribution in [0.2, 0.25) is 0 Å². The molecule has 1 atom stereocenters. The fraction of sp³-hybridized carbons (Fsp3) is 0.227. The maximum atomic E-state index is 12.9. The van der Waals surface area contributed by atoms with Crippen molar-refractivity contribution >= 4 is 86.7 Å². The number of aryl methyl sites for hydroxylation is 1.